The molecule has 3 heteroatoms. The summed E-state index contributed by atoms with van der Waals surface area (Å²) < 4.78 is 0. The average molecular weight is 251 g/mol. The maximum atomic E-state index is 11.2. The summed E-state index contributed by atoms with van der Waals surface area (Å²) >= 11 is 1.82. The number of nitrogens with one attached hydrogen (secondary N) is 1. The van der Waals surface area contributed by atoms with Crippen molar-refractivity contribution in [3.05, 3.63) is 23.8 Å². The lowest BCUT2D eigenvalue weighted by molar-refractivity contribution is -0.114. The zero-order valence-corrected chi connectivity index (χ0v) is 11.7. The Morgan fingerprint density at radius 3 is 2.71 bits per heavy atom. The van der Waals surface area contributed by atoms with Crippen LogP contribution in [0.15, 0.2) is 23.1 Å². The van der Waals surface area contributed by atoms with E-state index < -0.39 is 0 Å². The molecule has 0 aliphatic rings. The van der Waals surface area contributed by atoms with E-state index in [1.165, 1.54) is 23.3 Å². The first kappa shape index (κ1) is 14.1. The van der Waals surface area contributed by atoms with Gasteiger partial charge in [-0.3, -0.25) is 4.79 Å². The summed E-state index contributed by atoms with van der Waals surface area (Å²) in [6, 6.07) is 6.33. The Morgan fingerprint density at radius 2 is 2.12 bits per heavy atom. The lowest BCUT2D eigenvalue weighted by Crippen LogP contribution is -2.07. The van der Waals surface area contributed by atoms with Gasteiger partial charge in [-0.2, -0.15) is 0 Å². The van der Waals surface area contributed by atoms with Crippen LogP contribution in [0.25, 0.3) is 0 Å². The second-order valence-electron chi connectivity index (χ2n) is 4.07. The van der Waals surface area contributed by atoms with Gasteiger partial charge < -0.3 is 5.32 Å². The second-order valence-corrected chi connectivity index (χ2v) is 5.20. The molecule has 0 bridgehead atoms. The molecule has 0 saturated heterocycles. The van der Waals surface area contributed by atoms with E-state index in [4.69, 9.17) is 0 Å². The van der Waals surface area contributed by atoms with Crippen molar-refractivity contribution >= 4 is 23.4 Å². The molecule has 0 aromatic heterocycles. The highest BCUT2D eigenvalue weighted by molar-refractivity contribution is 7.99. The van der Waals surface area contributed by atoms with Crippen LogP contribution in [-0.2, 0) is 11.2 Å². The highest BCUT2D eigenvalue weighted by Gasteiger charge is 2.05. The van der Waals surface area contributed by atoms with Crippen LogP contribution in [0.3, 0.4) is 0 Å². The molecule has 0 atom stereocenters. The standard InChI is InChI=1S/C14H21NOS/c1-4-6-9-17-14-8-7-12(5-2)10-13(14)15-11(3)16/h7-8,10H,4-6,9H2,1-3H3,(H,15,16). The van der Waals surface area contributed by atoms with Gasteiger partial charge in [0.15, 0.2) is 0 Å². The van der Waals surface area contributed by atoms with Crippen LogP contribution in [-0.4, -0.2) is 11.7 Å². The van der Waals surface area contributed by atoms with E-state index in [2.05, 4.69) is 37.4 Å². The van der Waals surface area contributed by atoms with Gasteiger partial charge in [0.05, 0.1) is 5.69 Å². The largest absolute Gasteiger partial charge is 0.325 e. The van der Waals surface area contributed by atoms with Gasteiger partial charge >= 0.3 is 0 Å². The van der Waals surface area contributed by atoms with Gasteiger partial charge in [0.25, 0.3) is 0 Å². The third kappa shape index (κ3) is 4.82. The van der Waals surface area contributed by atoms with E-state index in [0.29, 0.717) is 0 Å². The Labute approximate surface area is 108 Å². The molecule has 0 aliphatic heterocycles. The smallest absolute Gasteiger partial charge is 0.221 e. The molecule has 94 valence electrons. The molecule has 0 aliphatic carbocycles. The third-order valence-electron chi connectivity index (χ3n) is 2.52. The maximum Gasteiger partial charge on any atom is 0.221 e. The van der Waals surface area contributed by atoms with Crippen molar-refractivity contribution in [2.24, 2.45) is 0 Å². The number of rotatable bonds is 6. The summed E-state index contributed by atoms with van der Waals surface area (Å²) in [5.74, 6) is 1.10. The molecular formula is C14H21NOS. The van der Waals surface area contributed by atoms with Crippen LogP contribution in [0.1, 0.15) is 39.2 Å². The van der Waals surface area contributed by atoms with Crippen molar-refractivity contribution in [1.29, 1.82) is 0 Å². The van der Waals surface area contributed by atoms with E-state index in [1.54, 1.807) is 6.92 Å². The van der Waals surface area contributed by atoms with Crippen LogP contribution >= 0.6 is 11.8 Å². The fourth-order valence-corrected chi connectivity index (χ4v) is 2.62. The first-order valence-electron chi connectivity index (χ1n) is 6.20. The van der Waals surface area contributed by atoms with E-state index in [9.17, 15) is 4.79 Å². The first-order chi connectivity index (χ1) is 8.17. The monoisotopic (exact) mass is 251 g/mol. The predicted molar refractivity (Wildman–Crippen MR) is 75.8 cm³/mol. The van der Waals surface area contributed by atoms with Crippen molar-refractivity contribution < 1.29 is 4.79 Å². The molecule has 0 radical (unpaired) electrons. The zero-order chi connectivity index (χ0) is 12.7. The van der Waals surface area contributed by atoms with Crippen molar-refractivity contribution in [1.82, 2.24) is 0 Å². The van der Waals surface area contributed by atoms with Gasteiger partial charge in [0.2, 0.25) is 5.91 Å². The van der Waals surface area contributed by atoms with E-state index in [0.717, 1.165) is 17.9 Å². The molecule has 0 unspecified atom stereocenters. The molecule has 2 nitrogen and oxygen atoms in total. The molecule has 1 amide bonds. The minimum atomic E-state index is -0.00408. The highest BCUT2D eigenvalue weighted by atomic mass is 32.2. The molecule has 17 heavy (non-hydrogen) atoms. The summed E-state index contributed by atoms with van der Waals surface area (Å²) in [4.78, 5) is 12.3. The Kier molecular flexibility index (Phi) is 6.12. The summed E-state index contributed by atoms with van der Waals surface area (Å²) in [6.45, 7) is 5.87. The molecule has 0 saturated carbocycles. The van der Waals surface area contributed by atoms with Gasteiger partial charge in [-0.15, -0.1) is 11.8 Å². The predicted octanol–water partition coefficient (Wildman–Crippen LogP) is 4.10. The number of benzene rings is 1. The summed E-state index contributed by atoms with van der Waals surface area (Å²) in [5.41, 5.74) is 2.21. The number of hydrogen-bond acceptors (Lipinski definition) is 2. The molecular weight excluding hydrogens is 230 g/mol. The summed E-state index contributed by atoms with van der Waals surface area (Å²) in [7, 11) is 0. The van der Waals surface area contributed by atoms with Gasteiger partial charge in [-0.05, 0) is 36.3 Å². The van der Waals surface area contributed by atoms with Gasteiger partial charge in [-0.1, -0.05) is 26.3 Å². The quantitative estimate of drug-likeness (QED) is 0.609. The highest BCUT2D eigenvalue weighted by Crippen LogP contribution is 2.29. The normalized spacial score (nSPS) is 10.3. The Balaban J connectivity index is 2.81. The minimum Gasteiger partial charge on any atom is -0.325 e. The van der Waals surface area contributed by atoms with Gasteiger partial charge in [-0.25, -0.2) is 0 Å². The van der Waals surface area contributed by atoms with Crippen LogP contribution < -0.4 is 5.32 Å². The number of carbonyl (C=O) groups is 1. The fraction of sp³-hybridized carbons (Fsp3) is 0.500. The number of aryl methyl sites for hydroxylation is 1. The fourth-order valence-electron chi connectivity index (χ4n) is 1.54. The van der Waals surface area contributed by atoms with Crippen molar-refractivity contribution in [3.8, 4) is 0 Å². The summed E-state index contributed by atoms with van der Waals surface area (Å²) in [5, 5.41) is 2.92. The van der Waals surface area contributed by atoms with Crippen molar-refractivity contribution in [3.63, 3.8) is 0 Å². The molecule has 1 aromatic carbocycles. The SMILES string of the molecule is CCCCSc1ccc(CC)cc1NC(C)=O. The topological polar surface area (TPSA) is 29.1 Å². The minimum absolute atomic E-state index is 0.00408. The third-order valence-corrected chi connectivity index (χ3v) is 3.68. The van der Waals surface area contributed by atoms with Crippen LogP contribution in [0.4, 0.5) is 5.69 Å². The second kappa shape index (κ2) is 7.38. The zero-order valence-electron chi connectivity index (χ0n) is 10.9. The van der Waals surface area contributed by atoms with Crippen LogP contribution in [0.5, 0.6) is 0 Å². The van der Waals surface area contributed by atoms with E-state index >= 15 is 0 Å². The lowest BCUT2D eigenvalue weighted by atomic mass is 10.1. The Bertz CT molecular complexity index is 376. The van der Waals surface area contributed by atoms with E-state index in [1.807, 2.05) is 11.8 Å². The molecule has 1 rings (SSSR count). The Hall–Kier alpha value is -0.960. The summed E-state index contributed by atoms with van der Waals surface area (Å²) in [6.07, 6.45) is 3.40. The molecule has 1 N–H and O–H groups in total. The Morgan fingerprint density at radius 1 is 1.35 bits per heavy atom. The van der Waals surface area contributed by atoms with E-state index in [-0.39, 0.29) is 5.91 Å². The number of amides is 1. The molecule has 1 aromatic rings. The lowest BCUT2D eigenvalue weighted by Gasteiger charge is -2.11. The van der Waals surface area contributed by atoms with Gasteiger partial charge in [0, 0.05) is 11.8 Å². The van der Waals surface area contributed by atoms with Gasteiger partial charge in [0.1, 0.15) is 0 Å². The number of anilines is 1. The molecule has 0 fully saturated rings. The van der Waals surface area contributed by atoms with Crippen LogP contribution in [0, 0.1) is 0 Å². The average Bonchev–Trinajstić information content (AvgIpc) is 2.30. The molecule has 0 heterocycles. The number of thioether (sulfide) groups is 1. The number of carbonyl (C=O) groups excluding carboxylic acids is 1. The van der Waals surface area contributed by atoms with Crippen molar-refractivity contribution in [2.45, 2.75) is 44.9 Å². The maximum absolute atomic E-state index is 11.2. The molecule has 0 spiro atoms. The number of hydrogen-bond donors (Lipinski definition) is 1. The van der Waals surface area contributed by atoms with Crippen molar-refractivity contribution in [2.75, 3.05) is 11.1 Å². The first-order valence-corrected chi connectivity index (χ1v) is 7.19. The van der Waals surface area contributed by atoms with Crippen LogP contribution in [0.2, 0.25) is 0 Å². The number of unbranched alkanes of at least 4 members (excludes halogenated alkanes) is 1.